The summed E-state index contributed by atoms with van der Waals surface area (Å²) >= 11 is 0. The van der Waals surface area contributed by atoms with Gasteiger partial charge in [-0.25, -0.2) is 5.43 Å². The zero-order chi connectivity index (χ0) is 19.1. The van der Waals surface area contributed by atoms with Crippen LogP contribution in [0.2, 0.25) is 0 Å². The highest BCUT2D eigenvalue weighted by Crippen LogP contribution is 2.25. The average molecular weight is 356 g/mol. The average Bonchev–Trinajstić information content (AvgIpc) is 2.64. The maximum atomic E-state index is 12.0. The molecule has 0 spiro atoms. The molecule has 0 aromatic heterocycles. The van der Waals surface area contributed by atoms with Crippen LogP contribution in [0.3, 0.4) is 0 Å². The largest absolute Gasteiger partial charge is 0.497 e. The van der Waals surface area contributed by atoms with E-state index in [-0.39, 0.29) is 12.5 Å². The molecule has 0 bridgehead atoms. The van der Waals surface area contributed by atoms with Gasteiger partial charge in [0.15, 0.2) is 6.61 Å². The quantitative estimate of drug-likeness (QED) is 0.611. The number of rotatable bonds is 7. The van der Waals surface area contributed by atoms with Crippen LogP contribution in [0.15, 0.2) is 41.5 Å². The number of hydrogen-bond donors (Lipinski definition) is 1. The van der Waals surface area contributed by atoms with Gasteiger partial charge < -0.3 is 14.2 Å². The molecule has 2 aromatic rings. The number of nitrogens with zero attached hydrogens (tertiary/aromatic N) is 1. The van der Waals surface area contributed by atoms with Crippen LogP contribution >= 0.6 is 0 Å². The van der Waals surface area contributed by atoms with Crippen molar-refractivity contribution in [3.63, 3.8) is 0 Å². The molecule has 6 nitrogen and oxygen atoms in total. The lowest BCUT2D eigenvalue weighted by atomic mass is 10.1. The fourth-order valence-corrected chi connectivity index (χ4v) is 2.44. The van der Waals surface area contributed by atoms with Gasteiger partial charge in [0.25, 0.3) is 5.91 Å². The van der Waals surface area contributed by atoms with E-state index in [2.05, 4.69) is 10.5 Å². The number of carbonyl (C=O) groups excluding carboxylic acids is 1. The second-order valence-corrected chi connectivity index (χ2v) is 5.86. The van der Waals surface area contributed by atoms with Crippen LogP contribution in [0.1, 0.15) is 23.6 Å². The molecule has 1 amide bonds. The highest BCUT2D eigenvalue weighted by Gasteiger charge is 2.09. The molecule has 0 heterocycles. The topological polar surface area (TPSA) is 69.2 Å². The summed E-state index contributed by atoms with van der Waals surface area (Å²) in [5.41, 5.74) is 6.01. The molecule has 0 radical (unpaired) electrons. The van der Waals surface area contributed by atoms with Crippen molar-refractivity contribution in [1.29, 1.82) is 0 Å². The Balaban J connectivity index is 1.98. The number of hydrazone groups is 1. The molecule has 26 heavy (non-hydrogen) atoms. The molecule has 0 aliphatic rings. The molecule has 0 aliphatic carbocycles. The molecular formula is C20H24N2O4. The predicted octanol–water partition coefficient (Wildman–Crippen LogP) is 3.24. The molecule has 0 aliphatic heterocycles. The Bertz CT molecular complexity index is 815. The van der Waals surface area contributed by atoms with E-state index in [0.29, 0.717) is 23.0 Å². The Hall–Kier alpha value is -3.02. The van der Waals surface area contributed by atoms with E-state index in [1.807, 2.05) is 44.2 Å². The Morgan fingerprint density at radius 3 is 2.46 bits per heavy atom. The third-order valence-corrected chi connectivity index (χ3v) is 3.84. The van der Waals surface area contributed by atoms with E-state index in [1.165, 1.54) is 0 Å². The molecule has 0 saturated carbocycles. The lowest BCUT2D eigenvalue weighted by molar-refractivity contribution is -0.123. The second kappa shape index (κ2) is 8.89. The van der Waals surface area contributed by atoms with Crippen molar-refractivity contribution in [3.05, 3.63) is 53.1 Å². The van der Waals surface area contributed by atoms with Crippen molar-refractivity contribution >= 4 is 11.6 Å². The SMILES string of the molecule is COc1ccc(/C(C)=N/NC(=O)COc2ccc(C)cc2C)c(OC)c1. The summed E-state index contributed by atoms with van der Waals surface area (Å²) in [5, 5.41) is 4.12. The van der Waals surface area contributed by atoms with E-state index >= 15 is 0 Å². The molecule has 0 saturated heterocycles. The summed E-state index contributed by atoms with van der Waals surface area (Å²) in [5.74, 6) is 1.65. The van der Waals surface area contributed by atoms with Gasteiger partial charge in [0.05, 0.1) is 19.9 Å². The molecule has 0 fully saturated rings. The van der Waals surface area contributed by atoms with E-state index in [4.69, 9.17) is 14.2 Å². The number of nitrogens with one attached hydrogen (secondary N) is 1. The van der Waals surface area contributed by atoms with Gasteiger partial charge in [0, 0.05) is 11.6 Å². The summed E-state index contributed by atoms with van der Waals surface area (Å²) in [4.78, 5) is 12.0. The van der Waals surface area contributed by atoms with Crippen LogP contribution in [-0.2, 0) is 4.79 Å². The number of amides is 1. The summed E-state index contributed by atoms with van der Waals surface area (Å²) in [6.45, 7) is 5.63. The molecule has 6 heteroatoms. The van der Waals surface area contributed by atoms with E-state index in [9.17, 15) is 4.79 Å². The summed E-state index contributed by atoms with van der Waals surface area (Å²) in [6, 6.07) is 11.2. The number of hydrogen-bond acceptors (Lipinski definition) is 5. The number of methoxy groups -OCH3 is 2. The highest BCUT2D eigenvalue weighted by atomic mass is 16.5. The van der Waals surface area contributed by atoms with Gasteiger partial charge >= 0.3 is 0 Å². The third kappa shape index (κ3) is 4.99. The lowest BCUT2D eigenvalue weighted by Crippen LogP contribution is -2.25. The monoisotopic (exact) mass is 356 g/mol. The van der Waals surface area contributed by atoms with Crippen LogP contribution < -0.4 is 19.6 Å². The molecule has 0 unspecified atom stereocenters. The Morgan fingerprint density at radius 2 is 1.81 bits per heavy atom. The molecule has 0 atom stereocenters. The first-order valence-electron chi connectivity index (χ1n) is 8.20. The van der Waals surface area contributed by atoms with Gasteiger partial charge in [-0.05, 0) is 44.5 Å². The Labute approximate surface area is 153 Å². The van der Waals surface area contributed by atoms with Gasteiger partial charge in [-0.1, -0.05) is 17.7 Å². The molecular weight excluding hydrogens is 332 g/mol. The number of aryl methyl sites for hydroxylation is 2. The highest BCUT2D eigenvalue weighted by molar-refractivity contribution is 6.01. The van der Waals surface area contributed by atoms with Crippen LogP contribution in [0.5, 0.6) is 17.2 Å². The van der Waals surface area contributed by atoms with Crippen LogP contribution in [0.4, 0.5) is 0 Å². The maximum Gasteiger partial charge on any atom is 0.277 e. The van der Waals surface area contributed by atoms with Crippen LogP contribution in [-0.4, -0.2) is 32.4 Å². The van der Waals surface area contributed by atoms with Gasteiger partial charge in [0.1, 0.15) is 17.2 Å². The first-order valence-corrected chi connectivity index (χ1v) is 8.20. The van der Waals surface area contributed by atoms with E-state index in [0.717, 1.165) is 16.7 Å². The normalized spacial score (nSPS) is 11.0. The van der Waals surface area contributed by atoms with Crippen molar-refractivity contribution in [2.75, 3.05) is 20.8 Å². The lowest BCUT2D eigenvalue weighted by Gasteiger charge is -2.11. The van der Waals surface area contributed by atoms with Gasteiger partial charge in [0.2, 0.25) is 0 Å². The predicted molar refractivity (Wildman–Crippen MR) is 101 cm³/mol. The first-order chi connectivity index (χ1) is 12.4. The zero-order valence-corrected chi connectivity index (χ0v) is 15.8. The fraction of sp³-hybridized carbons (Fsp3) is 0.300. The second-order valence-electron chi connectivity index (χ2n) is 5.86. The standard InChI is InChI=1S/C20H24N2O4/c1-13-6-9-18(14(2)10-13)26-12-20(23)22-21-15(3)17-8-7-16(24-4)11-19(17)25-5/h6-11H,12H2,1-5H3,(H,22,23)/b21-15+. The third-order valence-electron chi connectivity index (χ3n) is 3.84. The van der Waals surface area contributed by atoms with Crippen LogP contribution in [0, 0.1) is 13.8 Å². The Morgan fingerprint density at radius 1 is 1.04 bits per heavy atom. The van der Waals surface area contributed by atoms with E-state index in [1.54, 1.807) is 27.2 Å². The smallest absolute Gasteiger partial charge is 0.277 e. The minimum atomic E-state index is -0.336. The van der Waals surface area contributed by atoms with Crippen molar-refractivity contribution in [2.24, 2.45) is 5.10 Å². The van der Waals surface area contributed by atoms with Crippen molar-refractivity contribution in [1.82, 2.24) is 5.43 Å². The number of benzene rings is 2. The first kappa shape index (κ1) is 19.3. The minimum Gasteiger partial charge on any atom is -0.497 e. The molecule has 138 valence electrons. The number of carbonyl (C=O) groups is 1. The fourth-order valence-electron chi connectivity index (χ4n) is 2.44. The maximum absolute atomic E-state index is 12.0. The summed E-state index contributed by atoms with van der Waals surface area (Å²) < 4.78 is 16.1. The summed E-state index contributed by atoms with van der Waals surface area (Å²) in [6.07, 6.45) is 0. The summed E-state index contributed by atoms with van der Waals surface area (Å²) in [7, 11) is 3.16. The number of ether oxygens (including phenoxy) is 3. The van der Waals surface area contributed by atoms with Gasteiger partial charge in [-0.2, -0.15) is 5.10 Å². The minimum absolute atomic E-state index is 0.111. The molecule has 2 rings (SSSR count). The van der Waals surface area contributed by atoms with Crippen molar-refractivity contribution in [3.8, 4) is 17.2 Å². The molecule has 1 N–H and O–H groups in total. The molecule has 2 aromatic carbocycles. The van der Waals surface area contributed by atoms with E-state index < -0.39 is 0 Å². The van der Waals surface area contributed by atoms with Crippen molar-refractivity contribution in [2.45, 2.75) is 20.8 Å². The van der Waals surface area contributed by atoms with Crippen LogP contribution in [0.25, 0.3) is 0 Å². The van der Waals surface area contributed by atoms with Crippen molar-refractivity contribution < 1.29 is 19.0 Å². The van der Waals surface area contributed by atoms with Gasteiger partial charge in [-0.15, -0.1) is 0 Å². The van der Waals surface area contributed by atoms with Gasteiger partial charge in [-0.3, -0.25) is 4.79 Å². The zero-order valence-electron chi connectivity index (χ0n) is 15.8. The Kier molecular flexibility index (Phi) is 6.60.